The van der Waals surface area contributed by atoms with Crippen molar-refractivity contribution in [3.05, 3.63) is 29.8 Å². The number of hydrogen-bond acceptors (Lipinski definition) is 4. The van der Waals surface area contributed by atoms with Gasteiger partial charge < -0.3 is 15.1 Å². The lowest BCUT2D eigenvalue weighted by Crippen LogP contribution is -2.44. The van der Waals surface area contributed by atoms with Gasteiger partial charge in [-0.3, -0.25) is 9.59 Å². The largest absolute Gasteiger partial charge is 0.416 e. The number of piperidine rings is 1. The second-order valence-corrected chi connectivity index (χ2v) is 6.82. The molecule has 0 saturated carbocycles. The number of anilines is 1. The summed E-state index contributed by atoms with van der Waals surface area (Å²) in [6.07, 6.45) is -2.66. The molecule has 0 bridgehead atoms. The number of amides is 2. The van der Waals surface area contributed by atoms with Gasteiger partial charge in [0, 0.05) is 18.8 Å². The predicted molar refractivity (Wildman–Crippen MR) is 94.0 cm³/mol. The summed E-state index contributed by atoms with van der Waals surface area (Å²) >= 11 is 0. The van der Waals surface area contributed by atoms with Crippen LogP contribution in [0.1, 0.15) is 25.8 Å². The van der Waals surface area contributed by atoms with E-state index in [1.165, 1.54) is 12.1 Å². The zero-order chi connectivity index (χ0) is 20.0. The molecule has 0 spiro atoms. The third-order valence-electron chi connectivity index (χ3n) is 4.11. The lowest BCUT2D eigenvalue weighted by atomic mass is 9.92. The van der Waals surface area contributed by atoms with Gasteiger partial charge in [0.2, 0.25) is 0 Å². The zero-order valence-electron chi connectivity index (χ0n) is 15.1. The fourth-order valence-corrected chi connectivity index (χ4v) is 3.08. The van der Waals surface area contributed by atoms with Crippen LogP contribution in [0.15, 0.2) is 29.4 Å². The highest BCUT2D eigenvalue weighted by Gasteiger charge is 2.30. The molecule has 2 amide bonds. The van der Waals surface area contributed by atoms with Gasteiger partial charge in [-0.2, -0.15) is 13.2 Å². The first-order valence-corrected chi connectivity index (χ1v) is 8.56. The van der Waals surface area contributed by atoms with E-state index in [4.69, 9.17) is 4.84 Å². The third kappa shape index (κ3) is 6.58. The van der Waals surface area contributed by atoms with Crippen molar-refractivity contribution in [2.24, 2.45) is 17.0 Å². The number of rotatable bonds is 5. The standard InChI is InChI=1S/C18H22F3N3O3/c1-12-6-13(2)10-24(9-12)17(26)11-27-22-8-16(25)23-15-5-3-4-14(7-15)18(19,20)21/h3-5,7-8,12-13H,6,9-11H2,1-2H3,(H,23,25)/b22-8-/t12-,13-/m0/s1. The van der Waals surface area contributed by atoms with Crippen molar-refractivity contribution >= 4 is 23.7 Å². The predicted octanol–water partition coefficient (Wildman–Crippen LogP) is 3.15. The fraction of sp³-hybridized carbons (Fsp3) is 0.500. The molecule has 0 aliphatic carbocycles. The lowest BCUT2D eigenvalue weighted by molar-refractivity contribution is -0.139. The second-order valence-electron chi connectivity index (χ2n) is 6.82. The van der Waals surface area contributed by atoms with E-state index >= 15 is 0 Å². The maximum Gasteiger partial charge on any atom is 0.416 e. The average Bonchev–Trinajstić information content (AvgIpc) is 2.57. The SMILES string of the molecule is C[C@H]1C[C@H](C)CN(C(=O)CO/N=C\C(=O)Nc2cccc(C(F)(F)F)c2)C1. The number of alkyl halides is 3. The molecular weight excluding hydrogens is 363 g/mol. The Morgan fingerprint density at radius 2 is 1.96 bits per heavy atom. The quantitative estimate of drug-likeness (QED) is 0.625. The van der Waals surface area contributed by atoms with Crippen molar-refractivity contribution in [1.82, 2.24) is 4.90 Å². The molecule has 1 aromatic rings. The van der Waals surface area contributed by atoms with E-state index in [-0.39, 0.29) is 18.2 Å². The number of hydrogen-bond donors (Lipinski definition) is 1. The van der Waals surface area contributed by atoms with Crippen LogP contribution in [0.5, 0.6) is 0 Å². The Labute approximate surface area is 155 Å². The molecule has 148 valence electrons. The van der Waals surface area contributed by atoms with E-state index in [0.29, 0.717) is 24.9 Å². The Morgan fingerprint density at radius 1 is 1.30 bits per heavy atom. The van der Waals surface area contributed by atoms with Crippen molar-refractivity contribution in [2.45, 2.75) is 26.4 Å². The summed E-state index contributed by atoms with van der Waals surface area (Å²) in [7, 11) is 0. The van der Waals surface area contributed by atoms with Crippen LogP contribution in [0, 0.1) is 11.8 Å². The van der Waals surface area contributed by atoms with Crippen LogP contribution < -0.4 is 5.32 Å². The molecule has 2 rings (SSSR count). The minimum absolute atomic E-state index is 0.0198. The molecule has 6 nitrogen and oxygen atoms in total. The third-order valence-corrected chi connectivity index (χ3v) is 4.11. The van der Waals surface area contributed by atoms with Crippen LogP contribution in [-0.4, -0.2) is 42.6 Å². The van der Waals surface area contributed by atoms with Crippen LogP contribution in [0.25, 0.3) is 0 Å². The van der Waals surface area contributed by atoms with E-state index in [1.807, 2.05) is 0 Å². The smallest absolute Gasteiger partial charge is 0.386 e. The van der Waals surface area contributed by atoms with E-state index < -0.39 is 17.6 Å². The monoisotopic (exact) mass is 385 g/mol. The van der Waals surface area contributed by atoms with Gasteiger partial charge in [0.15, 0.2) is 6.61 Å². The molecule has 0 unspecified atom stereocenters. The van der Waals surface area contributed by atoms with Crippen molar-refractivity contribution in [3.8, 4) is 0 Å². The first-order valence-electron chi connectivity index (χ1n) is 8.56. The maximum atomic E-state index is 12.6. The molecule has 0 radical (unpaired) electrons. The summed E-state index contributed by atoms with van der Waals surface area (Å²) in [4.78, 5) is 30.3. The Kier molecular flexibility index (Phi) is 6.81. The molecule has 1 aromatic carbocycles. The number of carbonyl (C=O) groups excluding carboxylic acids is 2. The molecule has 1 fully saturated rings. The number of halogens is 3. The topological polar surface area (TPSA) is 71.0 Å². The Hall–Kier alpha value is -2.58. The summed E-state index contributed by atoms with van der Waals surface area (Å²) in [6.45, 7) is 5.17. The van der Waals surface area contributed by atoms with Gasteiger partial charge >= 0.3 is 6.18 Å². The molecular formula is C18H22F3N3O3. The van der Waals surface area contributed by atoms with Gasteiger partial charge in [-0.15, -0.1) is 0 Å². The summed E-state index contributed by atoms with van der Waals surface area (Å²) in [5, 5.41) is 5.66. The number of nitrogens with zero attached hydrogens (tertiary/aromatic N) is 2. The first kappa shape index (κ1) is 20.7. The van der Waals surface area contributed by atoms with Crippen molar-refractivity contribution in [1.29, 1.82) is 0 Å². The second kappa shape index (κ2) is 8.88. The molecule has 1 N–H and O–H groups in total. The van der Waals surface area contributed by atoms with Crippen LogP contribution >= 0.6 is 0 Å². The van der Waals surface area contributed by atoms with Gasteiger partial charge in [0.05, 0.1) is 5.56 Å². The Bertz CT molecular complexity index is 697. The van der Waals surface area contributed by atoms with Crippen molar-refractivity contribution in [3.63, 3.8) is 0 Å². The lowest BCUT2D eigenvalue weighted by Gasteiger charge is -2.34. The van der Waals surface area contributed by atoms with Crippen LogP contribution in [0.4, 0.5) is 18.9 Å². The van der Waals surface area contributed by atoms with E-state index in [1.54, 1.807) is 4.90 Å². The molecule has 1 saturated heterocycles. The first-order chi connectivity index (χ1) is 12.6. The summed E-state index contributed by atoms with van der Waals surface area (Å²) in [5.74, 6) is -0.148. The molecule has 1 aliphatic rings. The number of carbonyl (C=O) groups is 2. The zero-order valence-corrected chi connectivity index (χ0v) is 15.1. The molecule has 1 heterocycles. The highest BCUT2D eigenvalue weighted by atomic mass is 19.4. The Balaban J connectivity index is 1.79. The minimum Gasteiger partial charge on any atom is -0.386 e. The van der Waals surface area contributed by atoms with Gasteiger partial charge in [-0.25, -0.2) is 0 Å². The van der Waals surface area contributed by atoms with Crippen LogP contribution in [0.3, 0.4) is 0 Å². The highest BCUT2D eigenvalue weighted by Crippen LogP contribution is 2.30. The molecule has 27 heavy (non-hydrogen) atoms. The molecule has 2 atom stereocenters. The number of benzene rings is 1. The Morgan fingerprint density at radius 3 is 2.59 bits per heavy atom. The van der Waals surface area contributed by atoms with Gasteiger partial charge in [0.1, 0.15) is 6.21 Å². The van der Waals surface area contributed by atoms with Crippen molar-refractivity contribution in [2.75, 3.05) is 25.0 Å². The molecule has 9 heteroatoms. The normalized spacial score (nSPS) is 20.6. The summed E-state index contributed by atoms with van der Waals surface area (Å²) < 4.78 is 37.9. The average molecular weight is 385 g/mol. The van der Waals surface area contributed by atoms with Crippen LogP contribution in [-0.2, 0) is 20.6 Å². The number of nitrogens with one attached hydrogen (secondary N) is 1. The fourth-order valence-electron chi connectivity index (χ4n) is 3.08. The highest BCUT2D eigenvalue weighted by molar-refractivity contribution is 6.31. The van der Waals surface area contributed by atoms with E-state index in [2.05, 4.69) is 24.3 Å². The molecule has 1 aliphatic heterocycles. The summed E-state index contributed by atoms with van der Waals surface area (Å²) in [5.41, 5.74) is -0.891. The number of oxime groups is 1. The minimum atomic E-state index is -4.50. The van der Waals surface area contributed by atoms with Crippen molar-refractivity contribution < 1.29 is 27.6 Å². The van der Waals surface area contributed by atoms with Gasteiger partial charge in [0.25, 0.3) is 11.8 Å². The number of likely N-dealkylation sites (tertiary alicyclic amines) is 1. The molecule has 0 aromatic heterocycles. The van der Waals surface area contributed by atoms with Crippen LogP contribution in [0.2, 0.25) is 0 Å². The van der Waals surface area contributed by atoms with E-state index in [9.17, 15) is 22.8 Å². The van der Waals surface area contributed by atoms with Gasteiger partial charge in [-0.1, -0.05) is 25.1 Å². The summed E-state index contributed by atoms with van der Waals surface area (Å²) in [6, 6.07) is 4.23. The van der Waals surface area contributed by atoms with Gasteiger partial charge in [-0.05, 0) is 36.5 Å². The maximum absolute atomic E-state index is 12.6. The van der Waals surface area contributed by atoms with E-state index in [0.717, 1.165) is 24.8 Å².